The zero-order valence-electron chi connectivity index (χ0n) is 14.3. The third-order valence-electron chi connectivity index (χ3n) is 3.84. The molecule has 0 radical (unpaired) electrons. The summed E-state index contributed by atoms with van der Waals surface area (Å²) in [6.45, 7) is 8.53. The van der Waals surface area contributed by atoms with Gasteiger partial charge >= 0.3 is 0 Å². The first-order chi connectivity index (χ1) is 11.7. The van der Waals surface area contributed by atoms with Crippen LogP contribution in [-0.4, -0.2) is 42.8 Å². The fourth-order valence-electron chi connectivity index (χ4n) is 2.61. The van der Waals surface area contributed by atoms with Gasteiger partial charge in [-0.3, -0.25) is 0 Å². The number of nitrogens with zero attached hydrogens (tertiary/aromatic N) is 3. The Kier molecular flexibility index (Phi) is 5.48. The van der Waals surface area contributed by atoms with Gasteiger partial charge in [-0.25, -0.2) is 4.98 Å². The Hall–Kier alpha value is -2.34. The Bertz CT molecular complexity index is 655. The van der Waals surface area contributed by atoms with Crippen LogP contribution in [0, 0.1) is 5.92 Å². The number of ether oxygens (including phenoxy) is 1. The van der Waals surface area contributed by atoms with E-state index >= 15 is 0 Å². The van der Waals surface area contributed by atoms with E-state index in [4.69, 9.17) is 4.74 Å². The zero-order chi connectivity index (χ0) is 16.8. The van der Waals surface area contributed by atoms with Crippen molar-refractivity contribution in [1.82, 2.24) is 9.97 Å². The molecule has 0 amide bonds. The average Bonchev–Trinajstić information content (AvgIpc) is 2.62. The highest BCUT2D eigenvalue weighted by molar-refractivity contribution is 5.74. The Labute approximate surface area is 143 Å². The van der Waals surface area contributed by atoms with Crippen LogP contribution in [0.15, 0.2) is 36.5 Å². The molecule has 1 fully saturated rings. The summed E-state index contributed by atoms with van der Waals surface area (Å²) in [5.41, 5.74) is 2.23. The quantitative estimate of drug-likeness (QED) is 0.850. The van der Waals surface area contributed by atoms with Gasteiger partial charge in [-0.15, -0.1) is 0 Å². The minimum atomic E-state index is 0.548. The first-order valence-electron chi connectivity index (χ1n) is 8.48. The molecule has 0 bridgehead atoms. The van der Waals surface area contributed by atoms with Crippen molar-refractivity contribution in [3.63, 3.8) is 0 Å². The van der Waals surface area contributed by atoms with E-state index in [9.17, 15) is 0 Å². The van der Waals surface area contributed by atoms with Crippen LogP contribution >= 0.6 is 0 Å². The lowest BCUT2D eigenvalue weighted by molar-refractivity contribution is 0.123. The van der Waals surface area contributed by atoms with Crippen molar-refractivity contribution in [3.05, 3.63) is 36.5 Å². The summed E-state index contributed by atoms with van der Waals surface area (Å²) in [5, 5.41) is 6.68. The summed E-state index contributed by atoms with van der Waals surface area (Å²) < 4.78 is 5.45. The number of rotatable bonds is 6. The molecule has 0 unspecified atom stereocenters. The third kappa shape index (κ3) is 4.35. The van der Waals surface area contributed by atoms with Gasteiger partial charge in [0.15, 0.2) is 0 Å². The van der Waals surface area contributed by atoms with Crippen LogP contribution in [0.25, 0.3) is 0 Å². The van der Waals surface area contributed by atoms with Crippen molar-refractivity contribution in [2.45, 2.75) is 13.8 Å². The Balaban J connectivity index is 1.75. The van der Waals surface area contributed by atoms with Crippen LogP contribution in [0.3, 0.4) is 0 Å². The molecule has 128 valence electrons. The highest BCUT2D eigenvalue weighted by atomic mass is 16.5. The Morgan fingerprint density at radius 1 is 1.17 bits per heavy atom. The molecule has 2 heterocycles. The van der Waals surface area contributed by atoms with Crippen LogP contribution in [-0.2, 0) is 4.74 Å². The molecule has 1 saturated heterocycles. The van der Waals surface area contributed by atoms with Gasteiger partial charge in [0.25, 0.3) is 0 Å². The van der Waals surface area contributed by atoms with Crippen molar-refractivity contribution in [3.8, 4) is 0 Å². The molecule has 1 aromatic carbocycles. The van der Waals surface area contributed by atoms with Gasteiger partial charge in [0.2, 0.25) is 5.95 Å². The van der Waals surface area contributed by atoms with E-state index in [0.717, 1.165) is 44.4 Å². The highest BCUT2D eigenvalue weighted by Crippen LogP contribution is 2.28. The Morgan fingerprint density at radius 3 is 2.75 bits per heavy atom. The lowest BCUT2D eigenvalue weighted by Gasteiger charge is -2.30. The molecule has 24 heavy (non-hydrogen) atoms. The van der Waals surface area contributed by atoms with Gasteiger partial charge in [-0.05, 0) is 24.1 Å². The van der Waals surface area contributed by atoms with Crippen molar-refractivity contribution >= 4 is 23.1 Å². The second-order valence-corrected chi connectivity index (χ2v) is 6.28. The van der Waals surface area contributed by atoms with E-state index in [1.165, 1.54) is 5.69 Å². The fraction of sp³-hybridized carbons (Fsp3) is 0.444. The number of hydrogen-bond acceptors (Lipinski definition) is 6. The van der Waals surface area contributed by atoms with Crippen molar-refractivity contribution < 1.29 is 4.74 Å². The second kappa shape index (κ2) is 7.97. The number of anilines is 4. The van der Waals surface area contributed by atoms with Crippen LogP contribution < -0.4 is 15.5 Å². The smallest absolute Gasteiger partial charge is 0.224 e. The normalized spacial score (nSPS) is 14.7. The number of benzene rings is 1. The van der Waals surface area contributed by atoms with E-state index in [1.54, 1.807) is 6.20 Å². The molecule has 1 aliphatic rings. The number of nitrogens with one attached hydrogen (secondary N) is 2. The molecular weight excluding hydrogens is 302 g/mol. The molecular formula is C18H25N5O. The number of para-hydroxylation sites is 2. The van der Waals surface area contributed by atoms with Gasteiger partial charge < -0.3 is 20.3 Å². The van der Waals surface area contributed by atoms with Gasteiger partial charge in [0.1, 0.15) is 5.82 Å². The fourth-order valence-corrected chi connectivity index (χ4v) is 2.61. The van der Waals surface area contributed by atoms with E-state index < -0.39 is 0 Å². The molecule has 2 aromatic rings. The standard InChI is InChI=1S/C18H25N5O/c1-14(2)13-20-18-19-8-7-17(22-18)21-15-5-3-4-6-16(15)23-9-11-24-12-10-23/h3-8,14H,9-13H2,1-2H3,(H2,19,20,21,22). The van der Waals surface area contributed by atoms with E-state index in [-0.39, 0.29) is 0 Å². The number of hydrogen-bond donors (Lipinski definition) is 2. The summed E-state index contributed by atoms with van der Waals surface area (Å²) in [6, 6.07) is 10.2. The molecule has 1 aromatic heterocycles. The van der Waals surface area contributed by atoms with Gasteiger partial charge in [-0.1, -0.05) is 26.0 Å². The van der Waals surface area contributed by atoms with Gasteiger partial charge in [0, 0.05) is 25.8 Å². The molecule has 0 aliphatic carbocycles. The first kappa shape index (κ1) is 16.5. The van der Waals surface area contributed by atoms with Crippen LogP contribution in [0.5, 0.6) is 0 Å². The van der Waals surface area contributed by atoms with Crippen molar-refractivity contribution in [2.24, 2.45) is 5.92 Å². The summed E-state index contributed by atoms with van der Waals surface area (Å²) in [7, 11) is 0. The topological polar surface area (TPSA) is 62.3 Å². The number of morpholine rings is 1. The van der Waals surface area contributed by atoms with E-state index in [1.807, 2.05) is 12.1 Å². The minimum Gasteiger partial charge on any atom is -0.378 e. The second-order valence-electron chi connectivity index (χ2n) is 6.28. The molecule has 3 rings (SSSR count). The molecule has 0 spiro atoms. The number of aromatic nitrogens is 2. The SMILES string of the molecule is CC(C)CNc1nccc(Nc2ccccc2N2CCOCC2)n1. The highest BCUT2D eigenvalue weighted by Gasteiger charge is 2.14. The van der Waals surface area contributed by atoms with Crippen molar-refractivity contribution in [1.29, 1.82) is 0 Å². The summed E-state index contributed by atoms with van der Waals surface area (Å²) in [5.74, 6) is 1.99. The van der Waals surface area contributed by atoms with Crippen LogP contribution in [0.4, 0.5) is 23.1 Å². The molecule has 1 aliphatic heterocycles. The molecule has 0 atom stereocenters. The lowest BCUT2D eigenvalue weighted by Crippen LogP contribution is -2.36. The van der Waals surface area contributed by atoms with E-state index in [2.05, 4.69) is 57.5 Å². The molecule has 6 nitrogen and oxygen atoms in total. The monoisotopic (exact) mass is 327 g/mol. The largest absolute Gasteiger partial charge is 0.378 e. The average molecular weight is 327 g/mol. The summed E-state index contributed by atoms with van der Waals surface area (Å²) in [6.07, 6.45) is 1.77. The lowest BCUT2D eigenvalue weighted by atomic mass is 10.2. The van der Waals surface area contributed by atoms with Crippen LogP contribution in [0.1, 0.15) is 13.8 Å². The van der Waals surface area contributed by atoms with Crippen LogP contribution in [0.2, 0.25) is 0 Å². The van der Waals surface area contributed by atoms with E-state index in [0.29, 0.717) is 11.9 Å². The predicted molar refractivity (Wildman–Crippen MR) is 98.1 cm³/mol. The summed E-state index contributed by atoms with van der Waals surface area (Å²) in [4.78, 5) is 11.2. The maximum atomic E-state index is 5.45. The maximum Gasteiger partial charge on any atom is 0.224 e. The zero-order valence-corrected chi connectivity index (χ0v) is 14.3. The molecule has 0 saturated carbocycles. The first-order valence-corrected chi connectivity index (χ1v) is 8.48. The predicted octanol–water partition coefficient (Wildman–Crippen LogP) is 3.12. The third-order valence-corrected chi connectivity index (χ3v) is 3.84. The maximum absolute atomic E-state index is 5.45. The Morgan fingerprint density at radius 2 is 1.96 bits per heavy atom. The molecule has 6 heteroatoms. The summed E-state index contributed by atoms with van der Waals surface area (Å²) >= 11 is 0. The van der Waals surface area contributed by atoms with Gasteiger partial charge in [-0.2, -0.15) is 4.98 Å². The molecule has 2 N–H and O–H groups in total. The van der Waals surface area contributed by atoms with Crippen molar-refractivity contribution in [2.75, 3.05) is 48.4 Å². The van der Waals surface area contributed by atoms with Gasteiger partial charge in [0.05, 0.1) is 24.6 Å². The minimum absolute atomic E-state index is 0.548.